The SMILES string of the molecule is C=CC(=C)C(O)OCc1ccccc1. The standard InChI is InChI=1S/C12H14O2/c1-3-10(2)12(13)14-9-11-7-5-4-6-8-11/h3-8,12-13H,1-2,9H2. The van der Waals surface area contributed by atoms with E-state index in [-0.39, 0.29) is 0 Å². The van der Waals surface area contributed by atoms with Crippen LogP contribution in [-0.4, -0.2) is 11.4 Å². The zero-order valence-electron chi connectivity index (χ0n) is 8.02. The fourth-order valence-corrected chi connectivity index (χ4v) is 0.957. The summed E-state index contributed by atoms with van der Waals surface area (Å²) < 4.78 is 5.17. The highest BCUT2D eigenvalue weighted by molar-refractivity contribution is 5.15. The zero-order chi connectivity index (χ0) is 10.4. The third kappa shape index (κ3) is 3.17. The molecule has 0 aromatic heterocycles. The van der Waals surface area contributed by atoms with Gasteiger partial charge in [0.2, 0.25) is 0 Å². The van der Waals surface area contributed by atoms with Crippen LogP contribution in [-0.2, 0) is 11.3 Å². The largest absolute Gasteiger partial charge is 0.364 e. The molecule has 0 aliphatic carbocycles. The van der Waals surface area contributed by atoms with Crippen molar-refractivity contribution in [3.8, 4) is 0 Å². The smallest absolute Gasteiger partial charge is 0.180 e. The Balaban J connectivity index is 2.41. The lowest BCUT2D eigenvalue weighted by atomic mass is 10.2. The Kier molecular flexibility index (Phi) is 4.11. The van der Waals surface area contributed by atoms with E-state index in [1.807, 2.05) is 30.3 Å². The molecule has 1 unspecified atom stereocenters. The maximum Gasteiger partial charge on any atom is 0.180 e. The summed E-state index contributed by atoms with van der Waals surface area (Å²) >= 11 is 0. The van der Waals surface area contributed by atoms with Crippen LogP contribution < -0.4 is 0 Å². The molecule has 0 heterocycles. The summed E-state index contributed by atoms with van der Waals surface area (Å²) in [5, 5.41) is 9.39. The first-order chi connectivity index (χ1) is 6.74. The van der Waals surface area contributed by atoms with E-state index in [0.29, 0.717) is 12.2 Å². The zero-order valence-corrected chi connectivity index (χ0v) is 8.02. The topological polar surface area (TPSA) is 29.5 Å². The van der Waals surface area contributed by atoms with Crippen LogP contribution in [0.4, 0.5) is 0 Å². The molecular formula is C12H14O2. The molecule has 1 atom stereocenters. The number of aliphatic hydroxyl groups is 1. The van der Waals surface area contributed by atoms with Gasteiger partial charge in [-0.3, -0.25) is 0 Å². The highest BCUT2D eigenvalue weighted by Crippen LogP contribution is 2.07. The van der Waals surface area contributed by atoms with Gasteiger partial charge in [0.05, 0.1) is 6.61 Å². The maximum absolute atomic E-state index is 9.39. The van der Waals surface area contributed by atoms with E-state index in [0.717, 1.165) is 5.56 Å². The fourth-order valence-electron chi connectivity index (χ4n) is 0.957. The highest BCUT2D eigenvalue weighted by atomic mass is 16.6. The monoisotopic (exact) mass is 190 g/mol. The van der Waals surface area contributed by atoms with Gasteiger partial charge in [0.15, 0.2) is 6.29 Å². The molecule has 0 aliphatic heterocycles. The number of aliphatic hydroxyl groups excluding tert-OH is 1. The van der Waals surface area contributed by atoms with Crippen LogP contribution in [0.5, 0.6) is 0 Å². The minimum Gasteiger partial charge on any atom is -0.364 e. The summed E-state index contributed by atoms with van der Waals surface area (Å²) in [6, 6.07) is 9.65. The molecule has 74 valence electrons. The van der Waals surface area contributed by atoms with Crippen molar-refractivity contribution in [1.82, 2.24) is 0 Å². The Morgan fingerprint density at radius 1 is 1.43 bits per heavy atom. The van der Waals surface area contributed by atoms with E-state index >= 15 is 0 Å². The van der Waals surface area contributed by atoms with Crippen LogP contribution in [0.3, 0.4) is 0 Å². The van der Waals surface area contributed by atoms with Crippen LogP contribution in [0, 0.1) is 0 Å². The minimum absolute atomic E-state index is 0.370. The molecule has 1 N–H and O–H groups in total. The van der Waals surface area contributed by atoms with Crippen molar-refractivity contribution in [2.24, 2.45) is 0 Å². The van der Waals surface area contributed by atoms with Gasteiger partial charge in [-0.15, -0.1) is 0 Å². The Bertz CT molecular complexity index is 303. The van der Waals surface area contributed by atoms with Gasteiger partial charge in [-0.1, -0.05) is 49.6 Å². The quantitative estimate of drug-likeness (QED) is 0.570. The van der Waals surface area contributed by atoms with E-state index < -0.39 is 6.29 Å². The summed E-state index contributed by atoms with van der Waals surface area (Å²) in [6.45, 7) is 7.46. The number of ether oxygens (including phenoxy) is 1. The van der Waals surface area contributed by atoms with Crippen molar-refractivity contribution in [1.29, 1.82) is 0 Å². The van der Waals surface area contributed by atoms with Gasteiger partial charge in [0.1, 0.15) is 0 Å². The predicted octanol–water partition coefficient (Wildman–Crippen LogP) is 2.26. The molecule has 2 nitrogen and oxygen atoms in total. The number of benzene rings is 1. The Morgan fingerprint density at radius 2 is 2.07 bits per heavy atom. The molecule has 0 radical (unpaired) electrons. The summed E-state index contributed by atoms with van der Waals surface area (Å²) in [5.74, 6) is 0. The summed E-state index contributed by atoms with van der Waals surface area (Å²) in [7, 11) is 0. The normalized spacial score (nSPS) is 12.1. The second-order valence-electron chi connectivity index (χ2n) is 2.93. The summed E-state index contributed by atoms with van der Waals surface area (Å²) in [4.78, 5) is 0. The van der Waals surface area contributed by atoms with Crippen LogP contribution in [0.25, 0.3) is 0 Å². The first kappa shape index (κ1) is 10.7. The molecule has 0 saturated heterocycles. The van der Waals surface area contributed by atoms with Gasteiger partial charge in [0, 0.05) is 0 Å². The van der Waals surface area contributed by atoms with Gasteiger partial charge in [-0.05, 0) is 11.1 Å². The molecule has 0 spiro atoms. The average molecular weight is 190 g/mol. The third-order valence-electron chi connectivity index (χ3n) is 1.83. The van der Waals surface area contributed by atoms with Crippen molar-refractivity contribution >= 4 is 0 Å². The molecule has 1 aromatic rings. The molecule has 2 heteroatoms. The van der Waals surface area contributed by atoms with E-state index in [1.165, 1.54) is 6.08 Å². The van der Waals surface area contributed by atoms with Crippen molar-refractivity contribution in [3.05, 3.63) is 60.7 Å². The molecule has 0 bridgehead atoms. The second-order valence-corrected chi connectivity index (χ2v) is 2.93. The number of rotatable bonds is 5. The fraction of sp³-hybridized carbons (Fsp3) is 0.167. The van der Waals surface area contributed by atoms with Crippen LogP contribution in [0.1, 0.15) is 5.56 Å². The van der Waals surface area contributed by atoms with Crippen LogP contribution in [0.15, 0.2) is 55.1 Å². The lowest BCUT2D eigenvalue weighted by molar-refractivity contribution is -0.0787. The molecule has 14 heavy (non-hydrogen) atoms. The Hall–Kier alpha value is -1.38. The van der Waals surface area contributed by atoms with E-state index in [1.54, 1.807) is 0 Å². The van der Waals surface area contributed by atoms with Gasteiger partial charge in [-0.25, -0.2) is 0 Å². The second kappa shape index (κ2) is 5.37. The molecule has 0 saturated carbocycles. The van der Waals surface area contributed by atoms with E-state index in [9.17, 15) is 5.11 Å². The highest BCUT2D eigenvalue weighted by Gasteiger charge is 2.05. The Labute approximate surface area is 84.1 Å². The third-order valence-corrected chi connectivity index (χ3v) is 1.83. The van der Waals surface area contributed by atoms with Gasteiger partial charge in [0.25, 0.3) is 0 Å². The van der Waals surface area contributed by atoms with Gasteiger partial charge >= 0.3 is 0 Å². The first-order valence-electron chi connectivity index (χ1n) is 4.39. The molecular weight excluding hydrogens is 176 g/mol. The molecule has 0 fully saturated rings. The Morgan fingerprint density at radius 3 is 2.64 bits per heavy atom. The van der Waals surface area contributed by atoms with Crippen LogP contribution >= 0.6 is 0 Å². The van der Waals surface area contributed by atoms with E-state index in [4.69, 9.17) is 4.74 Å². The van der Waals surface area contributed by atoms with Crippen molar-refractivity contribution in [2.45, 2.75) is 12.9 Å². The van der Waals surface area contributed by atoms with Crippen molar-refractivity contribution < 1.29 is 9.84 Å². The van der Waals surface area contributed by atoms with Gasteiger partial charge in [-0.2, -0.15) is 0 Å². The summed E-state index contributed by atoms with van der Waals surface area (Å²) in [5.41, 5.74) is 1.49. The summed E-state index contributed by atoms with van der Waals surface area (Å²) in [6.07, 6.45) is 0.517. The molecule has 1 rings (SSSR count). The van der Waals surface area contributed by atoms with Gasteiger partial charge < -0.3 is 9.84 Å². The van der Waals surface area contributed by atoms with Crippen molar-refractivity contribution in [3.63, 3.8) is 0 Å². The molecule has 0 amide bonds. The molecule has 0 aliphatic rings. The first-order valence-corrected chi connectivity index (χ1v) is 4.39. The molecule has 1 aromatic carbocycles. The average Bonchev–Trinajstić information content (AvgIpc) is 2.26. The number of hydrogen-bond acceptors (Lipinski definition) is 2. The predicted molar refractivity (Wildman–Crippen MR) is 56.6 cm³/mol. The lowest BCUT2D eigenvalue weighted by Gasteiger charge is -2.11. The number of hydrogen-bond donors (Lipinski definition) is 1. The lowest BCUT2D eigenvalue weighted by Crippen LogP contribution is -2.12. The van der Waals surface area contributed by atoms with Crippen LogP contribution in [0.2, 0.25) is 0 Å². The van der Waals surface area contributed by atoms with Crippen molar-refractivity contribution in [2.75, 3.05) is 0 Å². The maximum atomic E-state index is 9.39. The van der Waals surface area contributed by atoms with E-state index in [2.05, 4.69) is 13.2 Å². The minimum atomic E-state index is -0.965.